The molecule has 11 heteroatoms. The molecule has 1 saturated heterocycles. The van der Waals surface area contributed by atoms with Gasteiger partial charge in [0.2, 0.25) is 5.95 Å². The zero-order valence-corrected chi connectivity index (χ0v) is 19.1. The Bertz CT molecular complexity index is 1090. The number of nitrogens with zero attached hydrogens (tertiary/aromatic N) is 4. The summed E-state index contributed by atoms with van der Waals surface area (Å²) in [5, 5.41) is 9.19. The number of imidazole rings is 1. The van der Waals surface area contributed by atoms with Gasteiger partial charge in [0.15, 0.2) is 10.8 Å². The molecule has 1 aromatic carbocycles. The maximum absolute atomic E-state index is 13.5. The summed E-state index contributed by atoms with van der Waals surface area (Å²) in [4.78, 5) is 29.8. The van der Waals surface area contributed by atoms with Crippen LogP contribution in [0.25, 0.3) is 11.2 Å². The molecule has 1 unspecified atom stereocenters. The highest BCUT2D eigenvalue weighted by atomic mass is 79.9. The van der Waals surface area contributed by atoms with E-state index in [1.54, 1.807) is 12.3 Å². The SMILES string of the molecule is CCC(Sc1nc2cnc(N3CCC(Oc4cc(F)ccc4Br)CC3)nc2[nH]1)C(=O)O. The van der Waals surface area contributed by atoms with Gasteiger partial charge in [-0.1, -0.05) is 18.7 Å². The molecule has 2 aromatic heterocycles. The van der Waals surface area contributed by atoms with E-state index in [9.17, 15) is 14.3 Å². The highest BCUT2D eigenvalue weighted by Gasteiger charge is 2.24. The fourth-order valence-electron chi connectivity index (χ4n) is 3.35. The first-order chi connectivity index (χ1) is 14.9. The first-order valence-corrected chi connectivity index (χ1v) is 11.6. The molecule has 0 amide bonds. The van der Waals surface area contributed by atoms with Gasteiger partial charge in [-0.3, -0.25) is 4.79 Å². The van der Waals surface area contributed by atoms with Gasteiger partial charge < -0.3 is 19.7 Å². The van der Waals surface area contributed by atoms with Crippen LogP contribution in [-0.4, -0.2) is 55.5 Å². The molecule has 0 radical (unpaired) electrons. The number of carbonyl (C=O) groups is 1. The van der Waals surface area contributed by atoms with E-state index in [1.807, 2.05) is 6.92 Å². The molecule has 0 bridgehead atoms. The average Bonchev–Trinajstić information content (AvgIpc) is 3.16. The molecule has 31 heavy (non-hydrogen) atoms. The first kappa shape index (κ1) is 21.8. The summed E-state index contributed by atoms with van der Waals surface area (Å²) in [6.07, 6.45) is 3.63. The predicted molar refractivity (Wildman–Crippen MR) is 119 cm³/mol. The number of anilines is 1. The van der Waals surface area contributed by atoms with Crippen LogP contribution in [0.1, 0.15) is 26.2 Å². The van der Waals surface area contributed by atoms with Crippen LogP contribution >= 0.6 is 27.7 Å². The third kappa shape index (κ3) is 5.09. The van der Waals surface area contributed by atoms with Crippen LogP contribution in [-0.2, 0) is 4.79 Å². The van der Waals surface area contributed by atoms with Crippen molar-refractivity contribution < 1.29 is 19.0 Å². The smallest absolute Gasteiger partial charge is 0.317 e. The van der Waals surface area contributed by atoms with Gasteiger partial charge in [-0.15, -0.1) is 0 Å². The molecule has 8 nitrogen and oxygen atoms in total. The van der Waals surface area contributed by atoms with Crippen LogP contribution in [0.15, 0.2) is 34.0 Å². The summed E-state index contributed by atoms with van der Waals surface area (Å²) in [5.41, 5.74) is 1.18. The van der Waals surface area contributed by atoms with Crippen molar-refractivity contribution in [2.45, 2.75) is 42.7 Å². The Balaban J connectivity index is 1.40. The number of aromatic nitrogens is 4. The maximum Gasteiger partial charge on any atom is 0.317 e. The number of aromatic amines is 1. The second kappa shape index (κ2) is 9.39. The van der Waals surface area contributed by atoms with Crippen LogP contribution in [0.4, 0.5) is 10.3 Å². The molecule has 0 saturated carbocycles. The zero-order chi connectivity index (χ0) is 22.0. The van der Waals surface area contributed by atoms with Crippen LogP contribution < -0.4 is 9.64 Å². The molecule has 1 atom stereocenters. The molecule has 3 heterocycles. The van der Waals surface area contributed by atoms with Crippen molar-refractivity contribution in [1.82, 2.24) is 19.9 Å². The van der Waals surface area contributed by atoms with Gasteiger partial charge in [0, 0.05) is 32.0 Å². The standard InChI is InChI=1S/C20H21BrFN5O3S/c1-2-16(18(28)29)31-20-24-14-10-23-19(25-17(14)26-20)27-7-5-12(6-8-27)30-15-9-11(22)3-4-13(15)21/h3-4,9-10,12,16H,2,5-8H2,1H3,(H,28,29)(H,23,24,25,26). The van der Waals surface area contributed by atoms with Crippen LogP contribution in [0.2, 0.25) is 0 Å². The van der Waals surface area contributed by atoms with Crippen molar-refractivity contribution in [3.63, 3.8) is 0 Å². The summed E-state index contributed by atoms with van der Waals surface area (Å²) in [5.74, 6) is -0.105. The Morgan fingerprint density at radius 3 is 2.90 bits per heavy atom. The number of hydrogen-bond acceptors (Lipinski definition) is 7. The summed E-state index contributed by atoms with van der Waals surface area (Å²) in [6, 6.07) is 4.41. The zero-order valence-electron chi connectivity index (χ0n) is 16.7. The minimum atomic E-state index is -0.866. The molecule has 0 spiro atoms. The number of aliphatic carboxylic acids is 1. The number of ether oxygens (including phenoxy) is 1. The summed E-state index contributed by atoms with van der Waals surface area (Å²) in [6.45, 7) is 3.23. The summed E-state index contributed by atoms with van der Waals surface area (Å²) in [7, 11) is 0. The summed E-state index contributed by atoms with van der Waals surface area (Å²) >= 11 is 4.56. The van der Waals surface area contributed by atoms with Gasteiger partial charge in [0.05, 0.1) is 10.7 Å². The van der Waals surface area contributed by atoms with Gasteiger partial charge in [-0.25, -0.2) is 14.4 Å². The number of hydrogen-bond donors (Lipinski definition) is 2. The lowest BCUT2D eigenvalue weighted by atomic mass is 10.1. The quantitative estimate of drug-likeness (QED) is 0.455. The molecule has 3 aromatic rings. The van der Waals surface area contributed by atoms with Crippen molar-refractivity contribution in [2.24, 2.45) is 0 Å². The molecule has 0 aliphatic carbocycles. The topological polar surface area (TPSA) is 104 Å². The van der Waals surface area contributed by atoms with Gasteiger partial charge >= 0.3 is 5.97 Å². The number of halogens is 2. The Kier molecular flexibility index (Phi) is 6.61. The van der Waals surface area contributed by atoms with E-state index in [2.05, 4.69) is 40.8 Å². The highest BCUT2D eigenvalue weighted by Crippen LogP contribution is 2.29. The number of fused-ring (bicyclic) bond motifs is 1. The van der Waals surface area contributed by atoms with Gasteiger partial charge in [0.1, 0.15) is 28.4 Å². The molecule has 2 N–H and O–H groups in total. The van der Waals surface area contributed by atoms with Gasteiger partial charge in [-0.05, 0) is 34.5 Å². The van der Waals surface area contributed by atoms with E-state index in [-0.39, 0.29) is 11.9 Å². The fraction of sp³-hybridized carbons (Fsp3) is 0.400. The first-order valence-electron chi connectivity index (χ1n) is 9.91. The van der Waals surface area contributed by atoms with E-state index >= 15 is 0 Å². The monoisotopic (exact) mass is 509 g/mol. The lowest BCUT2D eigenvalue weighted by Crippen LogP contribution is -2.39. The Morgan fingerprint density at radius 1 is 1.42 bits per heavy atom. The van der Waals surface area contributed by atoms with E-state index in [0.717, 1.165) is 17.3 Å². The Morgan fingerprint density at radius 2 is 2.19 bits per heavy atom. The van der Waals surface area contributed by atoms with Crippen LogP contribution in [0, 0.1) is 5.82 Å². The molecule has 4 rings (SSSR count). The Hall–Kier alpha value is -2.40. The Labute approximate surface area is 190 Å². The third-order valence-corrected chi connectivity index (χ3v) is 6.91. The second-order valence-electron chi connectivity index (χ2n) is 7.18. The van der Waals surface area contributed by atoms with Crippen molar-refractivity contribution in [3.8, 4) is 5.75 Å². The number of nitrogens with one attached hydrogen (secondary N) is 1. The van der Waals surface area contributed by atoms with E-state index < -0.39 is 11.2 Å². The number of H-pyrrole nitrogens is 1. The number of carboxylic acids is 1. The van der Waals surface area contributed by atoms with E-state index in [0.29, 0.717) is 47.5 Å². The second-order valence-corrected chi connectivity index (χ2v) is 9.22. The molecule has 1 fully saturated rings. The number of rotatable bonds is 7. The lowest BCUT2D eigenvalue weighted by Gasteiger charge is -2.32. The lowest BCUT2D eigenvalue weighted by molar-refractivity contribution is -0.136. The van der Waals surface area contributed by atoms with Crippen molar-refractivity contribution in [1.29, 1.82) is 0 Å². The normalized spacial score (nSPS) is 15.9. The fourth-order valence-corrected chi connectivity index (χ4v) is 4.53. The van der Waals surface area contributed by atoms with Crippen LogP contribution in [0.3, 0.4) is 0 Å². The molecular weight excluding hydrogens is 489 g/mol. The maximum atomic E-state index is 13.5. The highest BCUT2D eigenvalue weighted by molar-refractivity contribution is 9.10. The minimum absolute atomic E-state index is 0.0183. The van der Waals surface area contributed by atoms with E-state index in [4.69, 9.17) is 4.74 Å². The molecular formula is C20H21BrFN5O3S. The number of thioether (sulfide) groups is 1. The molecule has 164 valence electrons. The largest absolute Gasteiger partial charge is 0.489 e. The number of benzene rings is 1. The molecule has 1 aliphatic rings. The van der Waals surface area contributed by atoms with Gasteiger partial charge in [0.25, 0.3) is 0 Å². The molecule has 1 aliphatic heterocycles. The number of piperidine rings is 1. The average molecular weight is 510 g/mol. The number of carboxylic acid groups (broad SMARTS) is 1. The summed E-state index contributed by atoms with van der Waals surface area (Å²) < 4.78 is 20.2. The van der Waals surface area contributed by atoms with Crippen LogP contribution in [0.5, 0.6) is 5.75 Å². The predicted octanol–water partition coefficient (Wildman–Crippen LogP) is 4.26. The minimum Gasteiger partial charge on any atom is -0.489 e. The van der Waals surface area contributed by atoms with Gasteiger partial charge in [-0.2, -0.15) is 4.98 Å². The van der Waals surface area contributed by atoms with E-state index in [1.165, 1.54) is 23.9 Å². The third-order valence-electron chi connectivity index (χ3n) is 5.02. The van der Waals surface area contributed by atoms with Crippen molar-refractivity contribution >= 4 is 50.8 Å². The van der Waals surface area contributed by atoms with Crippen molar-refractivity contribution in [3.05, 3.63) is 34.7 Å². The van der Waals surface area contributed by atoms with Crippen molar-refractivity contribution in [2.75, 3.05) is 18.0 Å².